The zero-order chi connectivity index (χ0) is 18.4. The Balaban J connectivity index is 2.15. The molecule has 134 valence electrons. The van der Waals surface area contributed by atoms with Crippen molar-refractivity contribution in [1.82, 2.24) is 0 Å². The van der Waals surface area contributed by atoms with E-state index in [4.69, 9.17) is 10.5 Å². The highest BCUT2D eigenvalue weighted by atomic mass is 79.9. The first-order valence-corrected chi connectivity index (χ1v) is 8.42. The standard InChI is InChI=1S/C18H17BrF3NO2/c19-14-7-9-15(10-8-14)25-16(2-1-11-18(20,21)22)12-3-5-13(6-4-12)17(23)24/h3-10,16H,1-2,11H2,(H2,23,24). The Morgan fingerprint density at radius 2 is 1.68 bits per heavy atom. The zero-order valence-corrected chi connectivity index (χ0v) is 14.8. The molecule has 0 aromatic heterocycles. The Morgan fingerprint density at radius 3 is 2.20 bits per heavy atom. The van der Waals surface area contributed by atoms with Crippen LogP contribution in [0.3, 0.4) is 0 Å². The summed E-state index contributed by atoms with van der Waals surface area (Å²) in [6, 6.07) is 13.4. The maximum Gasteiger partial charge on any atom is 0.389 e. The van der Waals surface area contributed by atoms with Crippen molar-refractivity contribution < 1.29 is 22.7 Å². The quantitative estimate of drug-likeness (QED) is 0.657. The molecule has 0 radical (unpaired) electrons. The number of amides is 1. The second-order valence-corrected chi connectivity index (χ2v) is 6.47. The first-order valence-electron chi connectivity index (χ1n) is 7.63. The fourth-order valence-corrected chi connectivity index (χ4v) is 2.59. The number of alkyl halides is 3. The summed E-state index contributed by atoms with van der Waals surface area (Å²) in [4.78, 5) is 11.1. The Labute approximate surface area is 152 Å². The molecule has 3 nitrogen and oxygen atoms in total. The fraction of sp³-hybridized carbons (Fsp3) is 0.278. The van der Waals surface area contributed by atoms with Crippen LogP contribution in [-0.2, 0) is 0 Å². The molecule has 2 rings (SSSR count). The SMILES string of the molecule is NC(=O)c1ccc(C(CCCC(F)(F)F)Oc2ccc(Br)cc2)cc1. The Bertz CT molecular complexity index is 700. The number of halogens is 4. The minimum absolute atomic E-state index is 0.0533. The molecule has 0 aliphatic rings. The predicted octanol–water partition coefficient (Wildman–Crippen LogP) is 5.40. The summed E-state index contributed by atoms with van der Waals surface area (Å²) in [5.74, 6) is -0.00631. The lowest BCUT2D eigenvalue weighted by Crippen LogP contribution is -2.13. The van der Waals surface area contributed by atoms with Crippen LogP contribution in [0.5, 0.6) is 5.75 Å². The lowest BCUT2D eigenvalue weighted by atomic mass is 10.0. The van der Waals surface area contributed by atoms with E-state index in [2.05, 4.69) is 15.9 Å². The number of hydrogen-bond donors (Lipinski definition) is 1. The molecular formula is C18H17BrF3NO2. The number of nitrogens with two attached hydrogens (primary N) is 1. The number of carbonyl (C=O) groups is 1. The van der Waals surface area contributed by atoms with E-state index in [1.165, 1.54) is 0 Å². The summed E-state index contributed by atoms with van der Waals surface area (Å²) >= 11 is 3.32. The highest BCUT2D eigenvalue weighted by Crippen LogP contribution is 2.30. The molecule has 0 aliphatic carbocycles. The molecular weight excluding hydrogens is 399 g/mol. The van der Waals surface area contributed by atoms with Gasteiger partial charge in [-0.1, -0.05) is 28.1 Å². The number of benzene rings is 2. The first kappa shape index (κ1) is 19.3. The van der Waals surface area contributed by atoms with Crippen LogP contribution in [0.1, 0.15) is 41.3 Å². The molecule has 25 heavy (non-hydrogen) atoms. The van der Waals surface area contributed by atoms with E-state index in [9.17, 15) is 18.0 Å². The zero-order valence-electron chi connectivity index (χ0n) is 13.2. The van der Waals surface area contributed by atoms with Gasteiger partial charge in [0.25, 0.3) is 0 Å². The highest BCUT2D eigenvalue weighted by molar-refractivity contribution is 9.10. The second-order valence-electron chi connectivity index (χ2n) is 5.55. The lowest BCUT2D eigenvalue weighted by Gasteiger charge is -2.20. The van der Waals surface area contributed by atoms with Gasteiger partial charge in [0.05, 0.1) is 0 Å². The smallest absolute Gasteiger partial charge is 0.389 e. The molecule has 0 aliphatic heterocycles. The van der Waals surface area contributed by atoms with Gasteiger partial charge in [-0.3, -0.25) is 4.79 Å². The van der Waals surface area contributed by atoms with Gasteiger partial charge in [-0.2, -0.15) is 13.2 Å². The van der Waals surface area contributed by atoms with E-state index < -0.39 is 24.6 Å². The Morgan fingerprint density at radius 1 is 1.08 bits per heavy atom. The molecule has 1 unspecified atom stereocenters. The van der Waals surface area contributed by atoms with Crippen LogP contribution in [0, 0.1) is 0 Å². The Kier molecular flexibility index (Phi) is 6.47. The molecule has 0 spiro atoms. The van der Waals surface area contributed by atoms with Gasteiger partial charge in [0.1, 0.15) is 11.9 Å². The topological polar surface area (TPSA) is 52.3 Å². The summed E-state index contributed by atoms with van der Waals surface area (Å²) in [7, 11) is 0. The normalized spacial score (nSPS) is 12.6. The molecule has 1 amide bonds. The molecule has 0 fully saturated rings. The maximum atomic E-state index is 12.4. The molecule has 2 aromatic rings. The van der Waals surface area contributed by atoms with Crippen molar-refractivity contribution in [2.45, 2.75) is 31.5 Å². The van der Waals surface area contributed by atoms with Gasteiger partial charge in [0.15, 0.2) is 0 Å². The molecule has 1 atom stereocenters. The van der Waals surface area contributed by atoms with E-state index in [0.29, 0.717) is 16.9 Å². The van der Waals surface area contributed by atoms with Crippen LogP contribution in [-0.4, -0.2) is 12.1 Å². The third-order valence-corrected chi connectivity index (χ3v) is 4.11. The highest BCUT2D eigenvalue weighted by Gasteiger charge is 2.27. The maximum absolute atomic E-state index is 12.4. The van der Waals surface area contributed by atoms with Crippen molar-refractivity contribution in [1.29, 1.82) is 0 Å². The van der Waals surface area contributed by atoms with E-state index in [1.807, 2.05) is 0 Å². The van der Waals surface area contributed by atoms with Gasteiger partial charge in [0, 0.05) is 16.5 Å². The molecule has 0 saturated heterocycles. The largest absolute Gasteiger partial charge is 0.486 e. The van der Waals surface area contributed by atoms with E-state index >= 15 is 0 Å². The summed E-state index contributed by atoms with van der Waals surface area (Å²) in [5.41, 5.74) is 6.23. The van der Waals surface area contributed by atoms with Gasteiger partial charge in [0.2, 0.25) is 5.91 Å². The van der Waals surface area contributed by atoms with Gasteiger partial charge in [-0.05, 0) is 54.8 Å². The minimum Gasteiger partial charge on any atom is -0.486 e. The minimum atomic E-state index is -4.20. The van der Waals surface area contributed by atoms with E-state index in [0.717, 1.165) is 4.47 Å². The molecule has 7 heteroatoms. The molecule has 0 saturated carbocycles. The molecule has 0 bridgehead atoms. The summed E-state index contributed by atoms with van der Waals surface area (Å²) in [5, 5.41) is 0. The van der Waals surface area contributed by atoms with Gasteiger partial charge >= 0.3 is 6.18 Å². The van der Waals surface area contributed by atoms with Crippen molar-refractivity contribution in [2.24, 2.45) is 5.73 Å². The van der Waals surface area contributed by atoms with Crippen molar-refractivity contribution in [2.75, 3.05) is 0 Å². The van der Waals surface area contributed by atoms with Gasteiger partial charge in [-0.15, -0.1) is 0 Å². The second kappa shape index (κ2) is 8.38. The summed E-state index contributed by atoms with van der Waals surface area (Å²) < 4.78 is 44.0. The van der Waals surface area contributed by atoms with Crippen molar-refractivity contribution >= 4 is 21.8 Å². The summed E-state index contributed by atoms with van der Waals surface area (Å²) in [6.45, 7) is 0. The number of ether oxygens (including phenoxy) is 1. The van der Waals surface area contributed by atoms with Crippen LogP contribution in [0.2, 0.25) is 0 Å². The number of rotatable bonds is 7. The number of hydrogen-bond acceptors (Lipinski definition) is 2. The number of primary amides is 1. The number of carbonyl (C=O) groups excluding carboxylic acids is 1. The molecule has 0 heterocycles. The van der Waals surface area contributed by atoms with Crippen LogP contribution in [0.4, 0.5) is 13.2 Å². The predicted molar refractivity (Wildman–Crippen MR) is 92.4 cm³/mol. The summed E-state index contributed by atoms with van der Waals surface area (Å²) in [6.07, 6.45) is -5.47. The average molecular weight is 416 g/mol. The van der Waals surface area contributed by atoms with E-state index in [-0.39, 0.29) is 12.8 Å². The Hall–Kier alpha value is -2.02. The third-order valence-electron chi connectivity index (χ3n) is 3.59. The third kappa shape index (κ3) is 6.42. The van der Waals surface area contributed by atoms with Gasteiger partial charge < -0.3 is 10.5 Å². The van der Waals surface area contributed by atoms with Crippen molar-refractivity contribution in [3.63, 3.8) is 0 Å². The lowest BCUT2D eigenvalue weighted by molar-refractivity contribution is -0.136. The fourth-order valence-electron chi connectivity index (χ4n) is 2.32. The first-order chi connectivity index (χ1) is 11.7. The van der Waals surface area contributed by atoms with Crippen LogP contribution < -0.4 is 10.5 Å². The van der Waals surface area contributed by atoms with Crippen LogP contribution in [0.25, 0.3) is 0 Å². The average Bonchev–Trinajstić information content (AvgIpc) is 2.55. The van der Waals surface area contributed by atoms with Crippen molar-refractivity contribution in [3.05, 3.63) is 64.1 Å². The van der Waals surface area contributed by atoms with Crippen LogP contribution >= 0.6 is 15.9 Å². The molecule has 2 aromatic carbocycles. The monoisotopic (exact) mass is 415 g/mol. The van der Waals surface area contributed by atoms with Crippen molar-refractivity contribution in [3.8, 4) is 5.75 Å². The van der Waals surface area contributed by atoms with Gasteiger partial charge in [-0.25, -0.2) is 0 Å². The van der Waals surface area contributed by atoms with Crippen LogP contribution in [0.15, 0.2) is 53.0 Å². The molecule has 2 N–H and O–H groups in total. The van der Waals surface area contributed by atoms with E-state index in [1.54, 1.807) is 48.5 Å².